The molecule has 12 heteroatoms. The Bertz CT molecular complexity index is 494. The average molecular weight is 478 g/mol. The quantitative estimate of drug-likeness (QED) is 0.132. The molecule has 0 rings (SSSR count). The van der Waals surface area contributed by atoms with Crippen LogP contribution in [0.3, 0.4) is 0 Å². The van der Waals surface area contributed by atoms with Crippen LogP contribution in [0.2, 0.25) is 0 Å². The second kappa shape index (κ2) is 24.5. The second-order valence-corrected chi connectivity index (χ2v) is 7.60. The molecule has 0 aromatic carbocycles. The second-order valence-electron chi connectivity index (χ2n) is 7.60. The van der Waals surface area contributed by atoms with Crippen molar-refractivity contribution in [3.63, 3.8) is 0 Å². The van der Waals surface area contributed by atoms with Gasteiger partial charge in [0.2, 0.25) is 5.91 Å². The first-order valence-electron chi connectivity index (χ1n) is 11.8. The number of amides is 3. The molecule has 0 bridgehead atoms. The summed E-state index contributed by atoms with van der Waals surface area (Å²) in [6.45, 7) is 3.90. The van der Waals surface area contributed by atoms with E-state index in [0.717, 1.165) is 32.2 Å². The number of carbonyl (C=O) groups is 3. The van der Waals surface area contributed by atoms with Crippen molar-refractivity contribution >= 4 is 18.1 Å². The summed E-state index contributed by atoms with van der Waals surface area (Å²) in [5, 5.41) is 5.34. The summed E-state index contributed by atoms with van der Waals surface area (Å²) in [4.78, 5) is 34.3. The van der Waals surface area contributed by atoms with Gasteiger partial charge in [-0.05, 0) is 51.7 Å². The van der Waals surface area contributed by atoms with E-state index in [1.165, 1.54) is 19.3 Å². The summed E-state index contributed by atoms with van der Waals surface area (Å²) in [6.07, 6.45) is 6.44. The summed E-state index contributed by atoms with van der Waals surface area (Å²) in [7, 11) is 0. The number of alkyl carbamates (subject to hydrolysis) is 1. The van der Waals surface area contributed by atoms with Gasteiger partial charge in [-0.3, -0.25) is 4.79 Å². The van der Waals surface area contributed by atoms with Crippen LogP contribution in [0.25, 0.3) is 0 Å². The average Bonchev–Trinajstić information content (AvgIpc) is 2.79. The van der Waals surface area contributed by atoms with E-state index in [1.807, 2.05) is 0 Å². The minimum absolute atomic E-state index is 0.00561. The summed E-state index contributed by atoms with van der Waals surface area (Å²) >= 11 is 0. The lowest BCUT2D eigenvalue weighted by Gasteiger charge is -2.21. The van der Waals surface area contributed by atoms with Crippen LogP contribution in [0, 0.1) is 0 Å². The van der Waals surface area contributed by atoms with Crippen LogP contribution in [0.15, 0.2) is 0 Å². The van der Waals surface area contributed by atoms with Crippen molar-refractivity contribution < 1.29 is 23.9 Å². The Morgan fingerprint density at radius 1 is 0.727 bits per heavy atom. The van der Waals surface area contributed by atoms with Gasteiger partial charge < -0.3 is 48.8 Å². The van der Waals surface area contributed by atoms with Crippen LogP contribution in [0.5, 0.6) is 0 Å². The maximum atomic E-state index is 12.0. The van der Waals surface area contributed by atoms with E-state index < -0.39 is 18.2 Å². The van der Waals surface area contributed by atoms with E-state index >= 15 is 0 Å². The highest BCUT2D eigenvalue weighted by atomic mass is 16.6. The zero-order valence-corrected chi connectivity index (χ0v) is 20.2. The van der Waals surface area contributed by atoms with Gasteiger partial charge in [-0.25, -0.2) is 9.59 Å². The normalized spacial score (nSPS) is 12.0. The highest BCUT2D eigenvalue weighted by Crippen LogP contribution is 2.04. The lowest BCUT2D eigenvalue weighted by Crippen LogP contribution is -2.44. The molecule has 0 saturated carbocycles. The predicted molar refractivity (Wildman–Crippen MR) is 129 cm³/mol. The van der Waals surface area contributed by atoms with Gasteiger partial charge in [0.15, 0.2) is 0 Å². The standard InChI is InChI=1S/C16H34N6O5.C5H13N/c17-7-3-1-5-12(21-14(23)9-19)11-27-16(25)22-13(6-2-4-8-18)10-26-15(20)24;1-2-3-4-5-6/h12-13H,1-11,17-19H2,(H2,20,24)(H,21,23)(H,22,25);2-6H2,1H3. The molecule has 0 aromatic heterocycles. The SMILES string of the molecule is CCCCCN.NCCCCC(COC(=O)NC(CCCCN)COC(N)=O)NC(=O)CN. The highest BCUT2D eigenvalue weighted by molar-refractivity contribution is 5.78. The van der Waals surface area contributed by atoms with Crippen molar-refractivity contribution in [2.24, 2.45) is 28.7 Å². The molecular formula is C21H47N7O5. The minimum atomic E-state index is -0.918. The number of hydrogen-bond acceptors (Lipinski definition) is 9. The molecule has 0 saturated heterocycles. The number of unbranched alkanes of at least 4 members (excludes halogenated alkanes) is 4. The Morgan fingerprint density at radius 3 is 1.64 bits per heavy atom. The Morgan fingerprint density at radius 2 is 1.21 bits per heavy atom. The number of carbonyl (C=O) groups excluding carboxylic acids is 3. The number of nitrogens with two attached hydrogens (primary N) is 5. The zero-order chi connectivity index (χ0) is 25.3. The zero-order valence-electron chi connectivity index (χ0n) is 20.2. The molecule has 196 valence electrons. The van der Waals surface area contributed by atoms with E-state index in [0.29, 0.717) is 25.9 Å². The maximum absolute atomic E-state index is 12.0. The summed E-state index contributed by atoms with van der Waals surface area (Å²) < 4.78 is 9.94. The van der Waals surface area contributed by atoms with Crippen LogP contribution in [0.4, 0.5) is 9.59 Å². The van der Waals surface area contributed by atoms with Crippen molar-refractivity contribution in [1.29, 1.82) is 0 Å². The molecule has 0 radical (unpaired) electrons. The van der Waals surface area contributed by atoms with Gasteiger partial charge in [0.25, 0.3) is 0 Å². The molecular weight excluding hydrogens is 430 g/mol. The van der Waals surface area contributed by atoms with E-state index in [1.54, 1.807) is 0 Å². The molecule has 0 fully saturated rings. The van der Waals surface area contributed by atoms with Gasteiger partial charge in [-0.1, -0.05) is 32.6 Å². The molecule has 0 aliphatic carbocycles. The fourth-order valence-corrected chi connectivity index (χ4v) is 2.71. The largest absolute Gasteiger partial charge is 0.448 e. The first kappa shape index (κ1) is 33.0. The third kappa shape index (κ3) is 24.3. The van der Waals surface area contributed by atoms with Gasteiger partial charge in [0.05, 0.1) is 18.6 Å². The van der Waals surface area contributed by atoms with Crippen molar-refractivity contribution in [1.82, 2.24) is 10.6 Å². The van der Waals surface area contributed by atoms with Gasteiger partial charge >= 0.3 is 12.2 Å². The van der Waals surface area contributed by atoms with Crippen LogP contribution in [-0.4, -0.2) is 69.6 Å². The van der Waals surface area contributed by atoms with E-state index in [2.05, 4.69) is 17.6 Å². The summed E-state index contributed by atoms with van der Waals surface area (Å²) in [5.41, 5.74) is 26.4. The highest BCUT2D eigenvalue weighted by Gasteiger charge is 2.18. The lowest BCUT2D eigenvalue weighted by molar-refractivity contribution is -0.120. The lowest BCUT2D eigenvalue weighted by atomic mass is 10.1. The topological polar surface area (TPSA) is 224 Å². The third-order valence-corrected chi connectivity index (χ3v) is 4.54. The van der Waals surface area contributed by atoms with E-state index in [4.69, 9.17) is 38.1 Å². The van der Waals surface area contributed by atoms with E-state index in [-0.39, 0.29) is 31.7 Å². The Balaban J connectivity index is 0. The van der Waals surface area contributed by atoms with Crippen LogP contribution >= 0.6 is 0 Å². The van der Waals surface area contributed by atoms with Crippen molar-refractivity contribution in [2.45, 2.75) is 76.8 Å². The van der Waals surface area contributed by atoms with Crippen LogP contribution in [-0.2, 0) is 14.3 Å². The first-order chi connectivity index (χ1) is 15.8. The van der Waals surface area contributed by atoms with Gasteiger partial charge in [-0.2, -0.15) is 0 Å². The van der Waals surface area contributed by atoms with Gasteiger partial charge in [0.1, 0.15) is 13.2 Å². The molecule has 2 atom stereocenters. The monoisotopic (exact) mass is 477 g/mol. The smallest absolute Gasteiger partial charge is 0.407 e. The molecule has 0 spiro atoms. The molecule has 0 aliphatic heterocycles. The van der Waals surface area contributed by atoms with E-state index in [9.17, 15) is 14.4 Å². The molecule has 0 aliphatic rings. The molecule has 0 heterocycles. The molecule has 12 nitrogen and oxygen atoms in total. The number of primary amides is 1. The number of hydrogen-bond donors (Lipinski definition) is 7. The summed E-state index contributed by atoms with van der Waals surface area (Å²) in [5.74, 6) is -0.328. The van der Waals surface area contributed by atoms with Gasteiger partial charge in [0, 0.05) is 0 Å². The molecule has 2 unspecified atom stereocenters. The Kier molecular flexibility index (Phi) is 24.5. The van der Waals surface area contributed by atoms with Crippen molar-refractivity contribution in [2.75, 3.05) is 39.4 Å². The predicted octanol–water partition coefficient (Wildman–Crippen LogP) is 0.0133. The number of nitrogens with one attached hydrogen (secondary N) is 2. The van der Waals surface area contributed by atoms with Gasteiger partial charge in [-0.15, -0.1) is 0 Å². The first-order valence-corrected chi connectivity index (χ1v) is 11.8. The fourth-order valence-electron chi connectivity index (χ4n) is 2.71. The molecule has 0 aromatic rings. The molecule has 12 N–H and O–H groups in total. The molecule has 3 amide bonds. The Hall–Kier alpha value is -2.15. The van der Waals surface area contributed by atoms with Crippen LogP contribution in [0.1, 0.15) is 64.7 Å². The summed E-state index contributed by atoms with van der Waals surface area (Å²) in [6, 6.07) is -0.790. The molecule has 33 heavy (non-hydrogen) atoms. The van der Waals surface area contributed by atoms with Crippen molar-refractivity contribution in [3.05, 3.63) is 0 Å². The minimum Gasteiger partial charge on any atom is -0.448 e. The fraction of sp³-hybridized carbons (Fsp3) is 0.857. The third-order valence-electron chi connectivity index (χ3n) is 4.54. The Labute approximate surface area is 198 Å². The maximum Gasteiger partial charge on any atom is 0.407 e. The number of ether oxygens (including phenoxy) is 2. The van der Waals surface area contributed by atoms with Crippen molar-refractivity contribution in [3.8, 4) is 0 Å². The van der Waals surface area contributed by atoms with Crippen LogP contribution < -0.4 is 39.3 Å². The number of rotatable bonds is 18.